The first-order chi connectivity index (χ1) is 11.9. The molecule has 132 valence electrons. The molecule has 3 rings (SSSR count). The third-order valence-corrected chi connectivity index (χ3v) is 4.72. The fourth-order valence-corrected chi connectivity index (χ4v) is 3.54. The van der Waals surface area contributed by atoms with Gasteiger partial charge in [-0.2, -0.15) is 5.10 Å². The molecule has 25 heavy (non-hydrogen) atoms. The predicted octanol–water partition coefficient (Wildman–Crippen LogP) is 2.72. The molecule has 1 amide bonds. The number of aromatic nitrogens is 2. The SMILES string of the molecule is Cc1ccc(-c2ccc(=O)n(CC(=O)N3CC(C)CC(C)C3)n2)cc1. The molecular formula is C20H25N3O2. The lowest BCUT2D eigenvalue weighted by Crippen LogP contribution is -2.45. The van der Waals surface area contributed by atoms with Crippen LogP contribution in [0.25, 0.3) is 11.3 Å². The number of piperidine rings is 1. The van der Waals surface area contributed by atoms with Crippen LogP contribution in [0.4, 0.5) is 0 Å². The second-order valence-corrected chi connectivity index (χ2v) is 7.33. The van der Waals surface area contributed by atoms with Crippen molar-refractivity contribution in [1.82, 2.24) is 14.7 Å². The van der Waals surface area contributed by atoms with E-state index in [1.165, 1.54) is 16.3 Å². The van der Waals surface area contributed by atoms with Crippen molar-refractivity contribution in [1.29, 1.82) is 0 Å². The Hall–Kier alpha value is -2.43. The Labute approximate surface area is 148 Å². The van der Waals surface area contributed by atoms with E-state index in [1.54, 1.807) is 6.07 Å². The fraction of sp³-hybridized carbons (Fsp3) is 0.450. The lowest BCUT2D eigenvalue weighted by Gasteiger charge is -2.35. The summed E-state index contributed by atoms with van der Waals surface area (Å²) in [5.41, 5.74) is 2.56. The number of likely N-dealkylation sites (tertiary alicyclic amines) is 1. The van der Waals surface area contributed by atoms with Crippen LogP contribution in [0.2, 0.25) is 0 Å². The molecule has 0 N–H and O–H groups in total. The van der Waals surface area contributed by atoms with Gasteiger partial charge in [0, 0.05) is 24.7 Å². The van der Waals surface area contributed by atoms with Gasteiger partial charge in [-0.25, -0.2) is 4.68 Å². The lowest BCUT2D eigenvalue weighted by atomic mass is 9.92. The monoisotopic (exact) mass is 339 g/mol. The Balaban J connectivity index is 1.80. The van der Waals surface area contributed by atoms with Gasteiger partial charge in [-0.1, -0.05) is 43.7 Å². The molecule has 0 aliphatic carbocycles. The molecule has 0 spiro atoms. The summed E-state index contributed by atoms with van der Waals surface area (Å²) in [5.74, 6) is 0.960. The number of carbonyl (C=O) groups excluding carboxylic acids is 1. The summed E-state index contributed by atoms with van der Waals surface area (Å²) in [6, 6.07) is 11.2. The molecule has 0 bridgehead atoms. The van der Waals surface area contributed by atoms with Crippen molar-refractivity contribution >= 4 is 5.91 Å². The number of nitrogens with zero attached hydrogens (tertiary/aromatic N) is 3. The zero-order chi connectivity index (χ0) is 18.0. The molecule has 2 unspecified atom stereocenters. The van der Waals surface area contributed by atoms with E-state index < -0.39 is 0 Å². The number of hydrogen-bond donors (Lipinski definition) is 0. The molecule has 5 nitrogen and oxygen atoms in total. The smallest absolute Gasteiger partial charge is 0.267 e. The second-order valence-electron chi connectivity index (χ2n) is 7.33. The van der Waals surface area contributed by atoms with E-state index in [0.29, 0.717) is 17.5 Å². The summed E-state index contributed by atoms with van der Waals surface area (Å²) in [4.78, 5) is 26.6. The van der Waals surface area contributed by atoms with Crippen molar-refractivity contribution in [3.8, 4) is 11.3 Å². The predicted molar refractivity (Wildman–Crippen MR) is 98.2 cm³/mol. The third kappa shape index (κ3) is 4.16. The number of amides is 1. The molecule has 2 atom stereocenters. The van der Waals surface area contributed by atoms with Crippen LogP contribution in [0.3, 0.4) is 0 Å². The Morgan fingerprint density at radius 2 is 1.72 bits per heavy atom. The van der Waals surface area contributed by atoms with Crippen LogP contribution in [0.1, 0.15) is 25.8 Å². The normalized spacial score (nSPS) is 20.5. The van der Waals surface area contributed by atoms with E-state index in [0.717, 1.165) is 25.1 Å². The van der Waals surface area contributed by atoms with E-state index >= 15 is 0 Å². The van der Waals surface area contributed by atoms with Crippen molar-refractivity contribution in [2.45, 2.75) is 33.7 Å². The molecule has 0 saturated carbocycles. The first-order valence-electron chi connectivity index (χ1n) is 8.85. The van der Waals surface area contributed by atoms with Crippen molar-refractivity contribution < 1.29 is 4.79 Å². The van der Waals surface area contributed by atoms with Gasteiger partial charge in [0.05, 0.1) is 5.69 Å². The van der Waals surface area contributed by atoms with Gasteiger partial charge in [-0.15, -0.1) is 0 Å². The third-order valence-electron chi connectivity index (χ3n) is 4.72. The highest BCUT2D eigenvalue weighted by molar-refractivity contribution is 5.76. The van der Waals surface area contributed by atoms with Crippen molar-refractivity contribution in [3.63, 3.8) is 0 Å². The number of aryl methyl sites for hydroxylation is 1. The van der Waals surface area contributed by atoms with Crippen molar-refractivity contribution in [2.75, 3.05) is 13.1 Å². The number of benzene rings is 1. The van der Waals surface area contributed by atoms with Gasteiger partial charge in [0.15, 0.2) is 0 Å². The van der Waals surface area contributed by atoms with Crippen LogP contribution in [0.15, 0.2) is 41.2 Å². The molecule has 0 radical (unpaired) electrons. The van der Waals surface area contributed by atoms with Crippen LogP contribution in [0, 0.1) is 18.8 Å². The van der Waals surface area contributed by atoms with Gasteiger partial charge in [-0.05, 0) is 31.2 Å². The number of rotatable bonds is 3. The largest absolute Gasteiger partial charge is 0.341 e. The van der Waals surface area contributed by atoms with E-state index in [1.807, 2.05) is 36.1 Å². The van der Waals surface area contributed by atoms with Crippen molar-refractivity contribution in [2.24, 2.45) is 11.8 Å². The van der Waals surface area contributed by atoms with Crippen molar-refractivity contribution in [3.05, 3.63) is 52.3 Å². The van der Waals surface area contributed by atoms with Gasteiger partial charge in [0.25, 0.3) is 5.56 Å². The molecule has 1 aliphatic heterocycles. The molecular weight excluding hydrogens is 314 g/mol. The Morgan fingerprint density at radius 3 is 2.36 bits per heavy atom. The lowest BCUT2D eigenvalue weighted by molar-refractivity contribution is -0.134. The fourth-order valence-electron chi connectivity index (χ4n) is 3.54. The van der Waals surface area contributed by atoms with Crippen LogP contribution in [-0.4, -0.2) is 33.7 Å². The average molecular weight is 339 g/mol. The molecule has 1 saturated heterocycles. The summed E-state index contributed by atoms with van der Waals surface area (Å²) in [6.07, 6.45) is 1.14. The molecule has 5 heteroatoms. The standard InChI is InChI=1S/C20H25N3O2/c1-14-4-6-17(7-5-14)18-8-9-19(24)23(21-18)13-20(25)22-11-15(2)10-16(3)12-22/h4-9,15-16H,10-13H2,1-3H3. The highest BCUT2D eigenvalue weighted by Crippen LogP contribution is 2.21. The maximum Gasteiger partial charge on any atom is 0.267 e. The maximum atomic E-state index is 12.6. The maximum absolute atomic E-state index is 12.6. The van der Waals surface area contributed by atoms with Crippen LogP contribution >= 0.6 is 0 Å². The first kappa shape index (κ1) is 17.4. The molecule has 1 aliphatic rings. The van der Waals surface area contributed by atoms with E-state index in [4.69, 9.17) is 0 Å². The molecule has 1 aromatic carbocycles. The summed E-state index contributed by atoms with van der Waals surface area (Å²) >= 11 is 0. The van der Waals surface area contributed by atoms with Crippen LogP contribution in [0.5, 0.6) is 0 Å². The topological polar surface area (TPSA) is 55.2 Å². The highest BCUT2D eigenvalue weighted by atomic mass is 16.2. The molecule has 2 heterocycles. The highest BCUT2D eigenvalue weighted by Gasteiger charge is 2.25. The van der Waals surface area contributed by atoms with Crippen LogP contribution in [-0.2, 0) is 11.3 Å². The molecule has 1 fully saturated rings. The number of hydrogen-bond acceptors (Lipinski definition) is 3. The summed E-state index contributed by atoms with van der Waals surface area (Å²) < 4.78 is 1.28. The van der Waals surface area contributed by atoms with E-state index in [-0.39, 0.29) is 18.0 Å². The zero-order valence-electron chi connectivity index (χ0n) is 15.1. The minimum Gasteiger partial charge on any atom is -0.341 e. The number of carbonyl (C=O) groups is 1. The van der Waals surface area contributed by atoms with Crippen LogP contribution < -0.4 is 5.56 Å². The van der Waals surface area contributed by atoms with Gasteiger partial charge >= 0.3 is 0 Å². The van der Waals surface area contributed by atoms with Gasteiger partial charge in [-0.3, -0.25) is 9.59 Å². The minimum atomic E-state index is -0.248. The summed E-state index contributed by atoms with van der Waals surface area (Å²) in [7, 11) is 0. The van der Waals surface area contributed by atoms with Gasteiger partial charge in [0.1, 0.15) is 6.54 Å². The Morgan fingerprint density at radius 1 is 1.08 bits per heavy atom. The average Bonchev–Trinajstić information content (AvgIpc) is 2.56. The molecule has 1 aromatic heterocycles. The van der Waals surface area contributed by atoms with Gasteiger partial charge < -0.3 is 4.90 Å². The summed E-state index contributed by atoms with van der Waals surface area (Å²) in [6.45, 7) is 7.87. The zero-order valence-corrected chi connectivity index (χ0v) is 15.1. The van der Waals surface area contributed by atoms with E-state index in [2.05, 4.69) is 18.9 Å². The quantitative estimate of drug-likeness (QED) is 0.864. The van der Waals surface area contributed by atoms with E-state index in [9.17, 15) is 9.59 Å². The van der Waals surface area contributed by atoms with Gasteiger partial charge in [0.2, 0.25) is 5.91 Å². The second kappa shape index (κ2) is 7.21. The minimum absolute atomic E-state index is 0.00201. The Kier molecular flexibility index (Phi) is 5.02. The molecule has 2 aromatic rings. The first-order valence-corrected chi connectivity index (χ1v) is 8.85. The summed E-state index contributed by atoms with van der Waals surface area (Å²) in [5, 5.41) is 4.40. The Bertz CT molecular complexity index is 800.